The van der Waals surface area contributed by atoms with E-state index in [1.54, 1.807) is 6.20 Å². The quantitative estimate of drug-likeness (QED) is 0.526. The van der Waals surface area contributed by atoms with Gasteiger partial charge in [0.05, 0.1) is 11.7 Å². The lowest BCUT2D eigenvalue weighted by Crippen LogP contribution is -2.11. The molecule has 3 aromatic rings. The maximum Gasteiger partial charge on any atom is 0.220 e. The normalized spacial score (nSPS) is 11.2. The molecule has 1 aromatic carbocycles. The number of nitrogen functional groups attached to an aromatic ring is 2. The average molecular weight is 199 g/mol. The molecule has 5 nitrogen and oxygen atoms in total. The first-order valence-corrected chi connectivity index (χ1v) is 4.54. The maximum absolute atomic E-state index is 5.81. The first-order valence-electron chi connectivity index (χ1n) is 4.54. The number of nitrogens with two attached hydrogens (primary N) is 2. The van der Waals surface area contributed by atoms with E-state index in [2.05, 4.69) is 9.97 Å². The number of hydrogen-bond donors (Lipinski definition) is 2. The van der Waals surface area contributed by atoms with E-state index in [4.69, 9.17) is 11.6 Å². The zero-order valence-corrected chi connectivity index (χ0v) is 7.88. The fourth-order valence-electron chi connectivity index (χ4n) is 1.74. The molecule has 0 fully saturated rings. The van der Waals surface area contributed by atoms with Crippen LogP contribution in [0.25, 0.3) is 21.9 Å². The van der Waals surface area contributed by atoms with E-state index in [1.807, 2.05) is 24.3 Å². The van der Waals surface area contributed by atoms with E-state index in [0.717, 1.165) is 16.4 Å². The summed E-state index contributed by atoms with van der Waals surface area (Å²) in [6.07, 6.45) is 1.68. The number of para-hydroxylation sites is 1. The van der Waals surface area contributed by atoms with Crippen LogP contribution in [0.1, 0.15) is 0 Å². The van der Waals surface area contributed by atoms with Gasteiger partial charge in [-0.05, 0) is 6.07 Å². The molecule has 0 unspecified atom stereocenters. The predicted molar refractivity (Wildman–Crippen MR) is 59.6 cm³/mol. The van der Waals surface area contributed by atoms with Crippen molar-refractivity contribution < 1.29 is 0 Å². The molecule has 0 amide bonds. The van der Waals surface area contributed by atoms with Crippen LogP contribution in [-0.2, 0) is 0 Å². The zero-order chi connectivity index (χ0) is 10.4. The molecule has 0 aliphatic rings. The van der Waals surface area contributed by atoms with Crippen molar-refractivity contribution in [2.75, 3.05) is 11.6 Å². The summed E-state index contributed by atoms with van der Waals surface area (Å²) in [5.74, 6) is 6.10. The van der Waals surface area contributed by atoms with Gasteiger partial charge in [-0.25, -0.2) is 9.66 Å². The van der Waals surface area contributed by atoms with Crippen LogP contribution in [0.4, 0.5) is 5.95 Å². The number of hydrogen-bond acceptors (Lipinski definition) is 4. The van der Waals surface area contributed by atoms with Crippen LogP contribution in [-0.4, -0.2) is 14.6 Å². The molecule has 0 spiro atoms. The number of fused-ring (bicyclic) bond motifs is 3. The van der Waals surface area contributed by atoms with E-state index >= 15 is 0 Å². The minimum absolute atomic E-state index is 0.295. The van der Waals surface area contributed by atoms with Crippen LogP contribution in [0.3, 0.4) is 0 Å². The van der Waals surface area contributed by atoms with Crippen molar-refractivity contribution in [3.8, 4) is 0 Å². The molecule has 15 heavy (non-hydrogen) atoms. The summed E-state index contributed by atoms with van der Waals surface area (Å²) < 4.78 is 1.39. The number of anilines is 1. The number of nitrogens with zero attached hydrogens (tertiary/aromatic N) is 3. The number of aromatic nitrogens is 3. The minimum atomic E-state index is 0.295. The Morgan fingerprint density at radius 2 is 1.93 bits per heavy atom. The summed E-state index contributed by atoms with van der Waals surface area (Å²) in [4.78, 5) is 8.39. The summed E-state index contributed by atoms with van der Waals surface area (Å²) in [6.45, 7) is 0. The van der Waals surface area contributed by atoms with Crippen LogP contribution < -0.4 is 11.6 Å². The van der Waals surface area contributed by atoms with Gasteiger partial charge in [0.2, 0.25) is 5.95 Å². The third-order valence-corrected chi connectivity index (χ3v) is 2.45. The van der Waals surface area contributed by atoms with E-state index in [1.165, 1.54) is 4.68 Å². The summed E-state index contributed by atoms with van der Waals surface area (Å²) in [6, 6.07) is 7.75. The van der Waals surface area contributed by atoms with Crippen molar-refractivity contribution in [2.45, 2.75) is 0 Å². The lowest BCUT2D eigenvalue weighted by atomic mass is 10.2. The van der Waals surface area contributed by atoms with Crippen LogP contribution >= 0.6 is 0 Å². The van der Waals surface area contributed by atoms with Crippen LogP contribution in [0.2, 0.25) is 0 Å². The molecule has 0 saturated carbocycles. The van der Waals surface area contributed by atoms with Crippen molar-refractivity contribution in [1.82, 2.24) is 14.6 Å². The lowest BCUT2D eigenvalue weighted by Gasteiger charge is -2.00. The molecule has 0 aliphatic heterocycles. The summed E-state index contributed by atoms with van der Waals surface area (Å²) in [5, 5.41) is 0.960. The number of pyridine rings is 1. The fraction of sp³-hybridized carbons (Fsp3) is 0. The summed E-state index contributed by atoms with van der Waals surface area (Å²) in [7, 11) is 0. The minimum Gasteiger partial charge on any atom is -0.368 e. The summed E-state index contributed by atoms with van der Waals surface area (Å²) in [5.41, 5.74) is 8.06. The van der Waals surface area contributed by atoms with Gasteiger partial charge in [-0.1, -0.05) is 18.2 Å². The standard InChI is InChI=1S/C10H9N5/c11-10-14-8-5-13-7-4-2-1-3-6(7)9(8)15(10)12/h1-5H,12H2,(H2,11,14). The van der Waals surface area contributed by atoms with Gasteiger partial charge in [0.15, 0.2) is 0 Å². The van der Waals surface area contributed by atoms with E-state index in [0.29, 0.717) is 11.5 Å². The molecule has 0 saturated heterocycles. The number of imidazole rings is 1. The second kappa shape index (κ2) is 2.60. The van der Waals surface area contributed by atoms with Gasteiger partial charge >= 0.3 is 0 Å². The molecular formula is C10H9N5. The Kier molecular flexibility index (Phi) is 1.39. The Labute approximate surface area is 85.3 Å². The smallest absolute Gasteiger partial charge is 0.220 e. The highest BCUT2D eigenvalue weighted by Gasteiger charge is 2.09. The van der Waals surface area contributed by atoms with Gasteiger partial charge in [-0.15, -0.1) is 0 Å². The topological polar surface area (TPSA) is 82.8 Å². The SMILES string of the molecule is Nc1nc2cnc3ccccc3c2n1N. The van der Waals surface area contributed by atoms with Gasteiger partial charge in [-0.3, -0.25) is 4.98 Å². The molecule has 2 aromatic heterocycles. The first-order chi connectivity index (χ1) is 7.27. The Hall–Kier alpha value is -2.30. The third kappa shape index (κ3) is 0.969. The molecular weight excluding hydrogens is 190 g/mol. The first kappa shape index (κ1) is 8.05. The second-order valence-electron chi connectivity index (χ2n) is 3.35. The van der Waals surface area contributed by atoms with E-state index in [9.17, 15) is 0 Å². The van der Waals surface area contributed by atoms with Gasteiger partial charge in [0.1, 0.15) is 11.0 Å². The third-order valence-electron chi connectivity index (χ3n) is 2.45. The molecule has 0 radical (unpaired) electrons. The largest absolute Gasteiger partial charge is 0.368 e. The van der Waals surface area contributed by atoms with Crippen molar-refractivity contribution in [1.29, 1.82) is 0 Å². The molecule has 4 N–H and O–H groups in total. The average Bonchev–Trinajstić information content (AvgIpc) is 2.55. The molecule has 5 heteroatoms. The second-order valence-corrected chi connectivity index (χ2v) is 3.35. The van der Waals surface area contributed by atoms with Crippen molar-refractivity contribution in [3.63, 3.8) is 0 Å². The van der Waals surface area contributed by atoms with Crippen molar-refractivity contribution in [3.05, 3.63) is 30.5 Å². The van der Waals surface area contributed by atoms with Gasteiger partial charge < -0.3 is 11.6 Å². The molecule has 0 atom stereocenters. The lowest BCUT2D eigenvalue weighted by molar-refractivity contribution is 1.06. The molecule has 0 aliphatic carbocycles. The summed E-state index contributed by atoms with van der Waals surface area (Å²) >= 11 is 0. The number of rotatable bonds is 0. The van der Waals surface area contributed by atoms with E-state index in [-0.39, 0.29) is 0 Å². The zero-order valence-electron chi connectivity index (χ0n) is 7.88. The Morgan fingerprint density at radius 3 is 2.80 bits per heavy atom. The Balaban J connectivity index is 2.63. The molecule has 0 bridgehead atoms. The predicted octanol–water partition coefficient (Wildman–Crippen LogP) is 0.880. The van der Waals surface area contributed by atoms with Crippen LogP contribution in [0, 0.1) is 0 Å². The van der Waals surface area contributed by atoms with Crippen molar-refractivity contribution in [2.24, 2.45) is 0 Å². The number of benzene rings is 1. The molecule has 2 heterocycles. The highest BCUT2D eigenvalue weighted by Crippen LogP contribution is 2.23. The van der Waals surface area contributed by atoms with Gasteiger partial charge in [0, 0.05) is 5.39 Å². The van der Waals surface area contributed by atoms with E-state index < -0.39 is 0 Å². The van der Waals surface area contributed by atoms with Crippen LogP contribution in [0.5, 0.6) is 0 Å². The highest BCUT2D eigenvalue weighted by atomic mass is 15.4. The monoisotopic (exact) mass is 199 g/mol. The molecule has 74 valence electrons. The molecule has 3 rings (SSSR count). The fourth-order valence-corrected chi connectivity index (χ4v) is 1.74. The Bertz CT molecular complexity index is 655. The maximum atomic E-state index is 5.81. The Morgan fingerprint density at radius 1 is 1.13 bits per heavy atom. The van der Waals surface area contributed by atoms with Gasteiger partial charge in [0.25, 0.3) is 0 Å². The van der Waals surface area contributed by atoms with Crippen molar-refractivity contribution >= 4 is 27.9 Å². The highest BCUT2D eigenvalue weighted by molar-refractivity contribution is 6.02. The van der Waals surface area contributed by atoms with Crippen LogP contribution in [0.15, 0.2) is 30.5 Å². The van der Waals surface area contributed by atoms with Gasteiger partial charge in [-0.2, -0.15) is 0 Å².